The molecule has 0 fully saturated rings. The second kappa shape index (κ2) is 5.44. The van der Waals surface area contributed by atoms with Gasteiger partial charge in [0, 0.05) is 6.42 Å². The molecule has 74 valence electrons. The van der Waals surface area contributed by atoms with Gasteiger partial charge in [0.15, 0.2) is 0 Å². The van der Waals surface area contributed by atoms with Gasteiger partial charge in [-0.1, -0.05) is 31.2 Å². The number of nitriles is 1. The van der Waals surface area contributed by atoms with Crippen LogP contribution in [0.25, 0.3) is 0 Å². The van der Waals surface area contributed by atoms with Crippen molar-refractivity contribution in [1.29, 1.82) is 5.26 Å². The van der Waals surface area contributed by atoms with E-state index in [4.69, 9.17) is 5.26 Å². The van der Waals surface area contributed by atoms with Crippen LogP contribution >= 0.6 is 0 Å². The van der Waals surface area contributed by atoms with Crippen LogP contribution in [0.2, 0.25) is 0 Å². The lowest BCUT2D eigenvalue weighted by Gasteiger charge is -2.08. The van der Waals surface area contributed by atoms with Crippen LogP contribution in [0.4, 0.5) is 0 Å². The second-order valence-electron chi connectivity index (χ2n) is 3.93. The minimum atomic E-state index is 0.514. The van der Waals surface area contributed by atoms with Gasteiger partial charge in [-0.25, -0.2) is 0 Å². The third kappa shape index (κ3) is 3.22. The largest absolute Gasteiger partial charge is 0.198 e. The maximum absolute atomic E-state index is 8.54. The molecular formula is C13H17N. The van der Waals surface area contributed by atoms with Crippen molar-refractivity contribution >= 4 is 0 Å². The Morgan fingerprint density at radius 1 is 1.36 bits per heavy atom. The number of aryl methyl sites for hydroxylation is 2. The number of nitrogens with zero attached hydrogens (tertiary/aromatic N) is 1. The highest BCUT2D eigenvalue weighted by Crippen LogP contribution is 2.14. The second-order valence-corrected chi connectivity index (χ2v) is 3.93. The normalized spacial score (nSPS) is 12.1. The van der Waals surface area contributed by atoms with Crippen LogP contribution in [0.3, 0.4) is 0 Å². The van der Waals surface area contributed by atoms with Gasteiger partial charge in [-0.05, 0) is 36.8 Å². The highest BCUT2D eigenvalue weighted by Gasteiger charge is 2.03. The van der Waals surface area contributed by atoms with E-state index in [1.54, 1.807) is 0 Å². The van der Waals surface area contributed by atoms with Crippen molar-refractivity contribution in [3.63, 3.8) is 0 Å². The van der Waals surface area contributed by atoms with Crippen molar-refractivity contribution in [2.45, 2.75) is 33.1 Å². The average Bonchev–Trinajstić information content (AvgIpc) is 2.17. The predicted molar refractivity (Wildman–Crippen MR) is 58.9 cm³/mol. The zero-order chi connectivity index (χ0) is 10.4. The fourth-order valence-corrected chi connectivity index (χ4v) is 1.55. The molecule has 1 aromatic carbocycles. The summed E-state index contributed by atoms with van der Waals surface area (Å²) in [5, 5.41) is 8.54. The Morgan fingerprint density at radius 2 is 2.07 bits per heavy atom. The number of hydrogen-bond acceptors (Lipinski definition) is 1. The van der Waals surface area contributed by atoms with Gasteiger partial charge < -0.3 is 0 Å². The van der Waals surface area contributed by atoms with E-state index in [1.807, 2.05) is 0 Å². The summed E-state index contributed by atoms with van der Waals surface area (Å²) in [5.74, 6) is 0.514. The van der Waals surface area contributed by atoms with Gasteiger partial charge in [0.25, 0.3) is 0 Å². The predicted octanol–water partition coefficient (Wildman–Crippen LogP) is 3.48. The molecule has 0 aromatic heterocycles. The summed E-state index contributed by atoms with van der Waals surface area (Å²) in [5.41, 5.74) is 2.77. The topological polar surface area (TPSA) is 23.8 Å². The summed E-state index contributed by atoms with van der Waals surface area (Å²) in [6.45, 7) is 4.28. The molecule has 0 heterocycles. The molecule has 0 amide bonds. The van der Waals surface area contributed by atoms with Gasteiger partial charge in [-0.3, -0.25) is 0 Å². The molecule has 0 aliphatic heterocycles. The van der Waals surface area contributed by atoms with E-state index >= 15 is 0 Å². The number of rotatable bonds is 4. The van der Waals surface area contributed by atoms with E-state index in [0.717, 1.165) is 12.8 Å². The van der Waals surface area contributed by atoms with E-state index in [2.05, 4.69) is 44.2 Å². The summed E-state index contributed by atoms with van der Waals surface area (Å²) in [4.78, 5) is 0. The molecule has 0 saturated heterocycles. The zero-order valence-electron chi connectivity index (χ0n) is 8.96. The molecule has 1 nitrogen and oxygen atoms in total. The molecule has 1 aromatic rings. The molecule has 1 rings (SSSR count). The van der Waals surface area contributed by atoms with Crippen LogP contribution in [-0.4, -0.2) is 0 Å². The molecule has 1 atom stereocenters. The average molecular weight is 187 g/mol. The van der Waals surface area contributed by atoms with Crippen LogP contribution in [-0.2, 0) is 6.42 Å². The van der Waals surface area contributed by atoms with Crippen molar-refractivity contribution in [3.05, 3.63) is 35.4 Å². The van der Waals surface area contributed by atoms with Crippen LogP contribution in [0.1, 0.15) is 30.9 Å². The van der Waals surface area contributed by atoms with E-state index in [0.29, 0.717) is 12.3 Å². The van der Waals surface area contributed by atoms with E-state index in [-0.39, 0.29) is 0 Å². The van der Waals surface area contributed by atoms with Crippen LogP contribution in [0.15, 0.2) is 24.3 Å². The molecule has 0 aliphatic rings. The van der Waals surface area contributed by atoms with Gasteiger partial charge in [0.2, 0.25) is 0 Å². The Balaban J connectivity index is 2.46. The van der Waals surface area contributed by atoms with Crippen LogP contribution in [0.5, 0.6) is 0 Å². The van der Waals surface area contributed by atoms with Crippen molar-refractivity contribution in [2.75, 3.05) is 0 Å². The van der Waals surface area contributed by atoms with Crippen LogP contribution < -0.4 is 0 Å². The standard InChI is InChI=1S/C13H17N/c1-11(9-10-14)7-8-13-6-4-3-5-12(13)2/h3-6,11H,7-9H2,1-2H3. The van der Waals surface area contributed by atoms with E-state index < -0.39 is 0 Å². The maximum atomic E-state index is 8.54. The summed E-state index contributed by atoms with van der Waals surface area (Å²) in [6.07, 6.45) is 2.87. The minimum absolute atomic E-state index is 0.514. The fraction of sp³-hybridized carbons (Fsp3) is 0.462. The molecule has 0 spiro atoms. The van der Waals surface area contributed by atoms with Gasteiger partial charge >= 0.3 is 0 Å². The Morgan fingerprint density at radius 3 is 2.71 bits per heavy atom. The third-order valence-corrected chi connectivity index (χ3v) is 2.61. The van der Waals surface area contributed by atoms with Gasteiger partial charge in [0.1, 0.15) is 0 Å². The highest BCUT2D eigenvalue weighted by molar-refractivity contribution is 5.25. The number of benzene rings is 1. The monoisotopic (exact) mass is 187 g/mol. The lowest BCUT2D eigenvalue weighted by atomic mass is 9.97. The fourth-order valence-electron chi connectivity index (χ4n) is 1.55. The van der Waals surface area contributed by atoms with E-state index in [1.165, 1.54) is 11.1 Å². The molecule has 0 bridgehead atoms. The molecule has 14 heavy (non-hydrogen) atoms. The highest BCUT2D eigenvalue weighted by atomic mass is 14.2. The lowest BCUT2D eigenvalue weighted by Crippen LogP contribution is -1.97. The Kier molecular flexibility index (Phi) is 4.19. The van der Waals surface area contributed by atoms with Gasteiger partial charge in [-0.2, -0.15) is 5.26 Å². The smallest absolute Gasteiger partial charge is 0.0624 e. The molecule has 0 aliphatic carbocycles. The summed E-state index contributed by atoms with van der Waals surface area (Å²) in [7, 11) is 0. The first kappa shape index (κ1) is 10.8. The first-order chi connectivity index (χ1) is 6.74. The first-order valence-corrected chi connectivity index (χ1v) is 5.15. The Labute approximate surface area is 86.4 Å². The quantitative estimate of drug-likeness (QED) is 0.708. The minimum Gasteiger partial charge on any atom is -0.198 e. The molecule has 1 heteroatoms. The molecule has 0 radical (unpaired) electrons. The van der Waals surface area contributed by atoms with Gasteiger partial charge in [0.05, 0.1) is 6.07 Å². The Bertz CT molecular complexity index is 322. The summed E-state index contributed by atoms with van der Waals surface area (Å²) in [6, 6.07) is 10.7. The Hall–Kier alpha value is -1.29. The van der Waals surface area contributed by atoms with Crippen molar-refractivity contribution < 1.29 is 0 Å². The van der Waals surface area contributed by atoms with Crippen LogP contribution in [0, 0.1) is 24.2 Å². The summed E-state index contributed by atoms with van der Waals surface area (Å²) >= 11 is 0. The van der Waals surface area contributed by atoms with Crippen molar-refractivity contribution in [3.8, 4) is 6.07 Å². The van der Waals surface area contributed by atoms with Crippen molar-refractivity contribution in [1.82, 2.24) is 0 Å². The van der Waals surface area contributed by atoms with Crippen molar-refractivity contribution in [2.24, 2.45) is 5.92 Å². The third-order valence-electron chi connectivity index (χ3n) is 2.61. The zero-order valence-corrected chi connectivity index (χ0v) is 8.96. The maximum Gasteiger partial charge on any atom is 0.0624 e. The molecular weight excluding hydrogens is 170 g/mol. The van der Waals surface area contributed by atoms with Gasteiger partial charge in [-0.15, -0.1) is 0 Å². The SMILES string of the molecule is Cc1ccccc1CCC(C)CC#N. The molecule has 1 unspecified atom stereocenters. The first-order valence-electron chi connectivity index (χ1n) is 5.15. The molecule has 0 saturated carbocycles. The lowest BCUT2D eigenvalue weighted by molar-refractivity contribution is 0.545. The summed E-state index contributed by atoms with van der Waals surface area (Å²) < 4.78 is 0. The van der Waals surface area contributed by atoms with E-state index in [9.17, 15) is 0 Å². The number of hydrogen-bond donors (Lipinski definition) is 0. The molecule has 0 N–H and O–H groups in total.